The van der Waals surface area contributed by atoms with E-state index in [1.807, 2.05) is 0 Å². The second-order valence-corrected chi connectivity index (χ2v) is 3.31. The molecule has 3 N–H and O–H groups in total. The van der Waals surface area contributed by atoms with Crippen molar-refractivity contribution in [1.82, 2.24) is 10.4 Å². The zero-order chi connectivity index (χ0) is 10.6. The van der Waals surface area contributed by atoms with Crippen LogP contribution in [0.2, 0.25) is 0 Å². The van der Waals surface area contributed by atoms with Crippen molar-refractivity contribution in [3.05, 3.63) is 0 Å². The fraction of sp³-hybridized carbons (Fsp3) is 0.750. The summed E-state index contributed by atoms with van der Waals surface area (Å²) in [6.45, 7) is 1.30. The number of likely N-dealkylation sites (tertiary alicyclic amines) is 1. The Balaban J connectivity index is 2.50. The number of hydrogen-bond acceptors (Lipinski definition) is 4. The molecule has 1 amide bonds. The van der Waals surface area contributed by atoms with Crippen molar-refractivity contribution in [2.45, 2.75) is 25.3 Å². The Kier molecular flexibility index (Phi) is 3.84. The van der Waals surface area contributed by atoms with E-state index in [9.17, 15) is 9.59 Å². The number of amides is 1. The van der Waals surface area contributed by atoms with Gasteiger partial charge in [-0.15, -0.1) is 0 Å². The first-order valence-corrected chi connectivity index (χ1v) is 4.55. The van der Waals surface area contributed by atoms with E-state index in [1.165, 1.54) is 0 Å². The number of nitrogens with one attached hydrogen (secondary N) is 1. The van der Waals surface area contributed by atoms with Crippen molar-refractivity contribution in [2.75, 3.05) is 13.1 Å². The van der Waals surface area contributed by atoms with Crippen LogP contribution in [0.25, 0.3) is 0 Å². The third-order valence-electron chi connectivity index (χ3n) is 2.25. The Bertz CT molecular complexity index is 225. The second kappa shape index (κ2) is 4.92. The van der Waals surface area contributed by atoms with Gasteiger partial charge in [-0.25, -0.2) is 0 Å². The summed E-state index contributed by atoms with van der Waals surface area (Å²) in [5.41, 5.74) is 1.74. The molecule has 1 atom stereocenters. The highest BCUT2D eigenvalue weighted by molar-refractivity contribution is 5.86. The Labute approximate surface area is 81.5 Å². The third-order valence-corrected chi connectivity index (χ3v) is 2.25. The minimum atomic E-state index is -1.11. The summed E-state index contributed by atoms with van der Waals surface area (Å²) in [4.78, 5) is 23.5. The predicted molar refractivity (Wildman–Crippen MR) is 46.8 cm³/mol. The average Bonchev–Trinajstić information content (AvgIpc) is 2.65. The van der Waals surface area contributed by atoms with Gasteiger partial charge in [0, 0.05) is 13.1 Å². The summed E-state index contributed by atoms with van der Waals surface area (Å²) in [6, 6.07) is -1.02. The lowest BCUT2D eigenvalue weighted by atomic mass is 10.2. The van der Waals surface area contributed by atoms with E-state index in [4.69, 9.17) is 10.3 Å². The molecular formula is C8H14N2O4. The number of carbonyl (C=O) groups is 2. The molecule has 0 saturated carbocycles. The highest BCUT2D eigenvalue weighted by atomic mass is 16.5. The number of hydrogen-bond donors (Lipinski definition) is 3. The molecule has 0 radical (unpaired) electrons. The Hall–Kier alpha value is -1.14. The van der Waals surface area contributed by atoms with Crippen LogP contribution in [0.4, 0.5) is 0 Å². The first-order chi connectivity index (χ1) is 6.65. The maximum atomic E-state index is 11.6. The van der Waals surface area contributed by atoms with Crippen molar-refractivity contribution in [1.29, 1.82) is 0 Å². The lowest BCUT2D eigenvalue weighted by Gasteiger charge is -2.20. The molecule has 6 heteroatoms. The quantitative estimate of drug-likeness (QED) is 0.531. The summed E-state index contributed by atoms with van der Waals surface area (Å²) >= 11 is 0. The van der Waals surface area contributed by atoms with Gasteiger partial charge in [0.15, 0.2) is 0 Å². The minimum absolute atomic E-state index is 0.340. The fourth-order valence-corrected chi connectivity index (χ4v) is 1.52. The molecule has 1 aliphatic rings. The van der Waals surface area contributed by atoms with Crippen LogP contribution >= 0.6 is 0 Å². The minimum Gasteiger partial charge on any atom is -0.481 e. The molecule has 0 spiro atoms. The molecule has 0 aliphatic carbocycles. The van der Waals surface area contributed by atoms with Crippen molar-refractivity contribution in [2.24, 2.45) is 0 Å². The SMILES string of the molecule is O=C(O)CC(NO)C(=O)N1CCCC1. The van der Waals surface area contributed by atoms with Crippen LogP contribution in [-0.2, 0) is 9.59 Å². The van der Waals surface area contributed by atoms with Crippen LogP contribution in [0.15, 0.2) is 0 Å². The monoisotopic (exact) mass is 202 g/mol. The number of rotatable bonds is 4. The molecule has 0 bridgehead atoms. The first kappa shape index (κ1) is 10.9. The van der Waals surface area contributed by atoms with Gasteiger partial charge < -0.3 is 15.2 Å². The highest BCUT2D eigenvalue weighted by Gasteiger charge is 2.27. The molecule has 0 aromatic carbocycles. The second-order valence-electron chi connectivity index (χ2n) is 3.31. The maximum absolute atomic E-state index is 11.6. The number of carboxylic acids is 1. The topological polar surface area (TPSA) is 89.9 Å². The van der Waals surface area contributed by atoms with Gasteiger partial charge in [-0.05, 0) is 12.8 Å². The average molecular weight is 202 g/mol. The van der Waals surface area contributed by atoms with Crippen LogP contribution in [0.5, 0.6) is 0 Å². The van der Waals surface area contributed by atoms with Crippen LogP contribution in [-0.4, -0.2) is 46.2 Å². The van der Waals surface area contributed by atoms with Gasteiger partial charge in [0.1, 0.15) is 6.04 Å². The Morgan fingerprint density at radius 1 is 1.36 bits per heavy atom. The van der Waals surface area contributed by atoms with Gasteiger partial charge >= 0.3 is 5.97 Å². The van der Waals surface area contributed by atoms with Crippen molar-refractivity contribution in [3.8, 4) is 0 Å². The molecule has 0 aromatic rings. The van der Waals surface area contributed by atoms with E-state index in [2.05, 4.69) is 0 Å². The van der Waals surface area contributed by atoms with Crippen LogP contribution in [0.1, 0.15) is 19.3 Å². The number of hydroxylamine groups is 1. The lowest BCUT2D eigenvalue weighted by molar-refractivity contribution is -0.144. The molecule has 14 heavy (non-hydrogen) atoms. The number of carboxylic acid groups (broad SMARTS) is 1. The molecule has 1 heterocycles. The number of carbonyl (C=O) groups excluding carboxylic acids is 1. The summed E-state index contributed by atoms with van der Waals surface area (Å²) in [5, 5.41) is 17.1. The zero-order valence-corrected chi connectivity index (χ0v) is 7.77. The maximum Gasteiger partial charge on any atom is 0.305 e. The van der Waals surface area contributed by atoms with E-state index in [-0.39, 0.29) is 5.91 Å². The molecule has 1 saturated heterocycles. The third kappa shape index (κ3) is 2.68. The van der Waals surface area contributed by atoms with E-state index in [0.717, 1.165) is 12.8 Å². The molecule has 1 fully saturated rings. The van der Waals surface area contributed by atoms with Gasteiger partial charge in [0.05, 0.1) is 6.42 Å². The molecule has 80 valence electrons. The normalized spacial score (nSPS) is 18.2. The molecule has 0 aromatic heterocycles. The standard InChI is InChI=1S/C8H14N2O4/c11-7(12)5-6(9-14)8(13)10-3-1-2-4-10/h6,9,14H,1-5H2,(H,11,12). The van der Waals surface area contributed by atoms with Crippen molar-refractivity contribution >= 4 is 11.9 Å². The van der Waals surface area contributed by atoms with Crippen molar-refractivity contribution in [3.63, 3.8) is 0 Å². The Morgan fingerprint density at radius 2 is 1.93 bits per heavy atom. The fourth-order valence-electron chi connectivity index (χ4n) is 1.52. The zero-order valence-electron chi connectivity index (χ0n) is 7.77. The predicted octanol–water partition coefficient (Wildman–Crippen LogP) is -0.569. The van der Waals surface area contributed by atoms with Gasteiger partial charge in [-0.3, -0.25) is 9.59 Å². The summed E-state index contributed by atoms with van der Waals surface area (Å²) in [6.07, 6.45) is 1.49. The lowest BCUT2D eigenvalue weighted by Crippen LogP contribution is -2.45. The van der Waals surface area contributed by atoms with E-state index >= 15 is 0 Å². The molecular weight excluding hydrogens is 188 g/mol. The molecule has 1 unspecified atom stereocenters. The summed E-state index contributed by atoms with van der Waals surface area (Å²) in [7, 11) is 0. The summed E-state index contributed by atoms with van der Waals surface area (Å²) in [5.74, 6) is -1.45. The molecule has 1 rings (SSSR count). The molecule has 1 aliphatic heterocycles. The van der Waals surface area contributed by atoms with Gasteiger partial charge in [0.2, 0.25) is 5.91 Å². The van der Waals surface area contributed by atoms with E-state index < -0.39 is 18.4 Å². The number of nitrogens with zero attached hydrogens (tertiary/aromatic N) is 1. The van der Waals surface area contributed by atoms with Gasteiger partial charge in [-0.1, -0.05) is 0 Å². The van der Waals surface area contributed by atoms with Gasteiger partial charge in [0.25, 0.3) is 0 Å². The number of aliphatic carboxylic acids is 1. The van der Waals surface area contributed by atoms with E-state index in [0.29, 0.717) is 13.1 Å². The van der Waals surface area contributed by atoms with E-state index in [1.54, 1.807) is 10.4 Å². The first-order valence-electron chi connectivity index (χ1n) is 4.55. The Morgan fingerprint density at radius 3 is 2.36 bits per heavy atom. The van der Waals surface area contributed by atoms with Crippen LogP contribution < -0.4 is 5.48 Å². The summed E-state index contributed by atoms with van der Waals surface area (Å²) < 4.78 is 0. The van der Waals surface area contributed by atoms with Gasteiger partial charge in [-0.2, -0.15) is 5.48 Å². The molecule has 6 nitrogen and oxygen atoms in total. The van der Waals surface area contributed by atoms with Crippen molar-refractivity contribution < 1.29 is 19.9 Å². The van der Waals surface area contributed by atoms with Crippen LogP contribution in [0.3, 0.4) is 0 Å². The smallest absolute Gasteiger partial charge is 0.305 e. The van der Waals surface area contributed by atoms with Crippen LogP contribution in [0, 0.1) is 0 Å². The highest BCUT2D eigenvalue weighted by Crippen LogP contribution is 2.10. The largest absolute Gasteiger partial charge is 0.481 e.